The Morgan fingerprint density at radius 1 is 1.39 bits per heavy atom. The zero-order valence-corrected chi connectivity index (χ0v) is 14.0. The summed E-state index contributed by atoms with van der Waals surface area (Å²) in [4.78, 5) is 0. The largest absolute Gasteiger partial charge is 0.293 e. The first-order chi connectivity index (χ1) is 10.9. The second kappa shape index (κ2) is 5.78. The minimum absolute atomic E-state index is 0.0442. The van der Waals surface area contributed by atoms with Gasteiger partial charge in [0, 0.05) is 24.9 Å². The number of sulfonamides is 1. The molecule has 0 aliphatic heterocycles. The third kappa shape index (κ3) is 3.13. The van der Waals surface area contributed by atoms with Crippen molar-refractivity contribution in [1.29, 1.82) is 0 Å². The summed E-state index contributed by atoms with van der Waals surface area (Å²) in [5.41, 5.74) is 2.49. The lowest BCUT2D eigenvalue weighted by Gasteiger charge is -2.08. The van der Waals surface area contributed by atoms with Crippen LogP contribution in [0.25, 0.3) is 11.3 Å². The van der Waals surface area contributed by atoms with Gasteiger partial charge in [0.25, 0.3) is 0 Å². The zero-order chi connectivity index (χ0) is 16.6. The quantitative estimate of drug-likeness (QED) is 0.684. The molecule has 0 aliphatic rings. The van der Waals surface area contributed by atoms with Crippen molar-refractivity contribution in [2.24, 2.45) is 0 Å². The Balaban J connectivity index is 1.87. The Hall–Kier alpha value is -2.20. The number of H-pyrrole nitrogens is 1. The fraction of sp³-hybridized carbons (Fsp3) is 0.462. The third-order valence-corrected chi connectivity index (χ3v) is 4.38. The molecule has 0 fully saturated rings. The van der Waals surface area contributed by atoms with E-state index in [0.717, 1.165) is 23.5 Å². The van der Waals surface area contributed by atoms with E-state index in [4.69, 9.17) is 0 Å². The highest BCUT2D eigenvalue weighted by Gasteiger charge is 2.20. The van der Waals surface area contributed by atoms with Gasteiger partial charge in [-0.2, -0.15) is 5.10 Å². The van der Waals surface area contributed by atoms with Crippen molar-refractivity contribution in [1.82, 2.24) is 34.3 Å². The highest BCUT2D eigenvalue weighted by Crippen LogP contribution is 2.23. The maximum absolute atomic E-state index is 11.1. The van der Waals surface area contributed by atoms with Crippen LogP contribution in [0.4, 0.5) is 0 Å². The number of fused-ring (bicyclic) bond motifs is 1. The first-order valence-corrected chi connectivity index (χ1v) is 9.14. The average Bonchev–Trinajstić information content (AvgIpc) is 3.12. The minimum atomic E-state index is -3.18. The number of nitrogens with zero attached hydrogens (tertiary/aromatic N) is 5. The third-order valence-electron chi connectivity index (χ3n) is 3.65. The maximum atomic E-state index is 11.1. The Kier molecular flexibility index (Phi) is 3.94. The van der Waals surface area contributed by atoms with Gasteiger partial charge in [0.15, 0.2) is 5.82 Å². The fourth-order valence-corrected chi connectivity index (χ4v) is 3.02. The van der Waals surface area contributed by atoms with Gasteiger partial charge in [0.2, 0.25) is 15.7 Å². The lowest BCUT2D eigenvalue weighted by Crippen LogP contribution is -2.24. The van der Waals surface area contributed by atoms with Crippen LogP contribution in [0, 0.1) is 6.92 Å². The number of nitrogens with one attached hydrogen (secondary N) is 2. The maximum Gasteiger partial charge on any atom is 0.208 e. The minimum Gasteiger partial charge on any atom is -0.293 e. The van der Waals surface area contributed by atoms with Crippen molar-refractivity contribution >= 4 is 15.7 Å². The molecule has 3 rings (SSSR count). The number of hydrogen-bond acceptors (Lipinski definition) is 5. The number of hydrogen-bond donors (Lipinski definition) is 2. The van der Waals surface area contributed by atoms with Gasteiger partial charge in [0.1, 0.15) is 5.69 Å². The molecule has 0 saturated carbocycles. The van der Waals surface area contributed by atoms with Gasteiger partial charge in [-0.1, -0.05) is 6.92 Å². The Bertz CT molecular complexity index is 908. The van der Waals surface area contributed by atoms with E-state index in [2.05, 4.69) is 25.1 Å². The molecule has 0 bridgehead atoms. The van der Waals surface area contributed by atoms with Crippen molar-refractivity contribution in [3.8, 4) is 5.69 Å². The van der Waals surface area contributed by atoms with E-state index >= 15 is 0 Å². The normalized spacial score (nSPS) is 13.7. The molecular weight excluding hydrogens is 318 g/mol. The van der Waals surface area contributed by atoms with Gasteiger partial charge in [-0.05, 0) is 19.4 Å². The highest BCUT2D eigenvalue weighted by atomic mass is 32.2. The Morgan fingerprint density at radius 3 is 2.83 bits per heavy atom. The van der Waals surface area contributed by atoms with E-state index in [9.17, 15) is 8.42 Å². The summed E-state index contributed by atoms with van der Waals surface area (Å²) >= 11 is 0. The van der Waals surface area contributed by atoms with Crippen LogP contribution in [0.2, 0.25) is 0 Å². The summed E-state index contributed by atoms with van der Waals surface area (Å²) in [5.74, 6) is 0.805. The Labute approximate surface area is 133 Å². The van der Waals surface area contributed by atoms with Crippen LogP contribution in [-0.2, 0) is 10.0 Å². The van der Waals surface area contributed by atoms with E-state index in [-0.39, 0.29) is 5.92 Å². The first kappa shape index (κ1) is 15.7. The summed E-state index contributed by atoms with van der Waals surface area (Å²) in [7, 11) is -3.18. The van der Waals surface area contributed by atoms with E-state index in [1.54, 1.807) is 10.9 Å². The number of aromatic amines is 1. The molecule has 3 aromatic rings. The van der Waals surface area contributed by atoms with Gasteiger partial charge in [-0.15, -0.1) is 10.2 Å². The second-order valence-corrected chi connectivity index (χ2v) is 7.44. The molecule has 1 unspecified atom stereocenters. The molecule has 0 spiro atoms. The van der Waals surface area contributed by atoms with Crippen LogP contribution in [0.3, 0.4) is 0 Å². The van der Waals surface area contributed by atoms with E-state index in [1.165, 1.54) is 0 Å². The summed E-state index contributed by atoms with van der Waals surface area (Å²) in [6.07, 6.45) is 5.34. The molecule has 3 heterocycles. The van der Waals surface area contributed by atoms with Gasteiger partial charge in [0.05, 0.1) is 11.9 Å². The number of aryl methyl sites for hydroxylation is 1. The average molecular weight is 337 g/mol. The highest BCUT2D eigenvalue weighted by molar-refractivity contribution is 7.88. The smallest absolute Gasteiger partial charge is 0.208 e. The lowest BCUT2D eigenvalue weighted by molar-refractivity contribution is 0.569. The molecule has 10 heteroatoms. The number of rotatable bonds is 6. The molecule has 2 N–H and O–H groups in total. The molecule has 0 aliphatic carbocycles. The molecule has 0 aromatic carbocycles. The van der Waals surface area contributed by atoms with Gasteiger partial charge in [-0.3, -0.25) is 5.10 Å². The molecule has 0 saturated heterocycles. The van der Waals surface area contributed by atoms with Crippen LogP contribution in [0.15, 0.2) is 18.5 Å². The standard InChI is InChI=1S/C13H19N7O2S/c1-9(5-7-15-23(3,21)22)12-16-17-13-11(10(2)18-20(12)13)19-8-4-6-14-19/h4,6,8-9,15,18H,5,7H2,1-3H3. The summed E-state index contributed by atoms with van der Waals surface area (Å²) < 4.78 is 28.3. The fourth-order valence-electron chi connectivity index (χ4n) is 2.53. The molecule has 1 atom stereocenters. The molecule has 0 amide bonds. The van der Waals surface area contributed by atoms with E-state index in [1.807, 2.05) is 30.6 Å². The first-order valence-electron chi connectivity index (χ1n) is 7.25. The predicted octanol–water partition coefficient (Wildman–Crippen LogP) is 0.594. The zero-order valence-electron chi connectivity index (χ0n) is 13.2. The van der Waals surface area contributed by atoms with Crippen LogP contribution in [0.1, 0.15) is 30.8 Å². The molecular formula is C13H19N7O2S. The van der Waals surface area contributed by atoms with Gasteiger partial charge >= 0.3 is 0 Å². The van der Waals surface area contributed by atoms with Gasteiger partial charge in [-0.25, -0.2) is 22.3 Å². The van der Waals surface area contributed by atoms with Crippen LogP contribution >= 0.6 is 0 Å². The number of aromatic nitrogens is 6. The van der Waals surface area contributed by atoms with Crippen molar-refractivity contribution in [3.63, 3.8) is 0 Å². The van der Waals surface area contributed by atoms with Crippen molar-refractivity contribution in [3.05, 3.63) is 30.0 Å². The van der Waals surface area contributed by atoms with Crippen molar-refractivity contribution in [2.75, 3.05) is 12.8 Å². The SMILES string of the molecule is Cc1[nH]n2c(C(C)CCNS(C)(=O)=O)nnc2c1-n1cccn1. The van der Waals surface area contributed by atoms with Crippen molar-refractivity contribution < 1.29 is 8.42 Å². The molecule has 0 radical (unpaired) electrons. The Morgan fingerprint density at radius 2 is 2.17 bits per heavy atom. The van der Waals surface area contributed by atoms with E-state index < -0.39 is 10.0 Å². The second-order valence-electron chi connectivity index (χ2n) is 5.61. The van der Waals surface area contributed by atoms with Crippen LogP contribution < -0.4 is 4.72 Å². The van der Waals surface area contributed by atoms with Crippen molar-refractivity contribution in [2.45, 2.75) is 26.2 Å². The summed E-state index contributed by atoms with van der Waals surface area (Å²) in [6, 6.07) is 1.85. The summed E-state index contributed by atoms with van der Waals surface area (Å²) in [6.45, 7) is 4.30. The molecule has 3 aromatic heterocycles. The van der Waals surface area contributed by atoms with Crippen LogP contribution in [0.5, 0.6) is 0 Å². The molecule has 9 nitrogen and oxygen atoms in total. The summed E-state index contributed by atoms with van der Waals surface area (Å²) in [5, 5.41) is 16.0. The lowest BCUT2D eigenvalue weighted by atomic mass is 10.1. The molecule has 124 valence electrons. The van der Waals surface area contributed by atoms with E-state index in [0.29, 0.717) is 18.6 Å². The van der Waals surface area contributed by atoms with Gasteiger partial charge < -0.3 is 0 Å². The topological polar surface area (TPSA) is 110 Å². The molecule has 23 heavy (non-hydrogen) atoms. The monoisotopic (exact) mass is 337 g/mol. The van der Waals surface area contributed by atoms with Crippen LogP contribution in [-0.4, -0.2) is 50.8 Å². The predicted molar refractivity (Wildman–Crippen MR) is 85.1 cm³/mol.